The molecular weight excluding hydrogens is 1520 g/mol. The standard InChI is InChI=1S/C61H40N2.C61H42N2/c1-3-16-41(17-4-1)42-30-35-46(36-31-42)62(47-37-32-43(33-38-47)44-34-39-58-52(40-44)50-22-10-14-28-57(50)63(58)45-18-5-2-6-19-45)59-29-15-27-56-60(59)51-23-9-13-26-55(51)61(56)53-24-11-7-20-48(53)49-21-8-12-25-54(49)61;1-5-17-43(18-6-1)44-29-34-50(35-30-44)62(51-36-31-45(32-37-51)46-33-40-60-56(41-46)54-26-14-16-28-59(54)63(60)49-23-11-4-12-24-49)52-38-39-58-55(42-52)53-25-13-15-27-57(53)61(58,47-19-7-2-8-20-47)48-21-9-3-10-22-48/h1-40H;1-42H. The first-order valence-corrected chi connectivity index (χ1v) is 43.6. The van der Waals surface area contributed by atoms with Crippen molar-refractivity contribution in [2.45, 2.75) is 10.8 Å². The Bertz CT molecular complexity index is 7810. The van der Waals surface area contributed by atoms with Crippen molar-refractivity contribution >= 4 is 77.7 Å². The summed E-state index contributed by atoms with van der Waals surface area (Å²) in [6.45, 7) is 0. The molecule has 1 spiro atoms. The lowest BCUT2D eigenvalue weighted by Gasteiger charge is -2.34. The summed E-state index contributed by atoms with van der Waals surface area (Å²) in [6.07, 6.45) is 0. The number of para-hydroxylation sites is 4. The van der Waals surface area contributed by atoms with Gasteiger partial charge in [-0.05, 0) is 244 Å². The summed E-state index contributed by atoms with van der Waals surface area (Å²) in [5.41, 5.74) is 40.7. The molecule has 0 fully saturated rings. The van der Waals surface area contributed by atoms with Gasteiger partial charge in [0.25, 0.3) is 0 Å². The van der Waals surface area contributed by atoms with Crippen molar-refractivity contribution in [2.24, 2.45) is 0 Å². The molecule has 25 rings (SSSR count). The average Bonchev–Trinajstić information content (AvgIpc) is 1.51. The van der Waals surface area contributed by atoms with Crippen LogP contribution in [0.4, 0.5) is 34.1 Å². The second-order valence-electron chi connectivity index (χ2n) is 33.3. The van der Waals surface area contributed by atoms with Gasteiger partial charge >= 0.3 is 0 Å². The maximum absolute atomic E-state index is 2.47. The molecule has 0 unspecified atom stereocenters. The highest BCUT2D eigenvalue weighted by Gasteiger charge is 2.53. The average molecular weight is 1600 g/mol. The molecule has 4 nitrogen and oxygen atoms in total. The quantitative estimate of drug-likeness (QED) is 0.108. The smallest absolute Gasteiger partial charge is 0.0726 e. The first-order chi connectivity index (χ1) is 62.5. The minimum Gasteiger partial charge on any atom is -0.310 e. The van der Waals surface area contributed by atoms with Crippen molar-refractivity contribution in [3.63, 3.8) is 0 Å². The topological polar surface area (TPSA) is 16.3 Å². The van der Waals surface area contributed by atoms with E-state index in [-0.39, 0.29) is 0 Å². The maximum atomic E-state index is 2.47. The van der Waals surface area contributed by atoms with Crippen LogP contribution in [-0.2, 0) is 10.8 Å². The van der Waals surface area contributed by atoms with Gasteiger partial charge in [0.1, 0.15) is 0 Å². The van der Waals surface area contributed by atoms with E-state index in [2.05, 4.69) is 516 Å². The summed E-state index contributed by atoms with van der Waals surface area (Å²) >= 11 is 0. The maximum Gasteiger partial charge on any atom is 0.0726 e. The normalized spacial score (nSPS) is 12.7. The van der Waals surface area contributed by atoms with Crippen LogP contribution in [0.25, 0.3) is 133 Å². The van der Waals surface area contributed by atoms with Crippen LogP contribution >= 0.6 is 0 Å². The minimum atomic E-state index is -0.453. The van der Waals surface area contributed by atoms with Gasteiger partial charge in [0.2, 0.25) is 0 Å². The zero-order valence-electron chi connectivity index (χ0n) is 69.1. The number of anilines is 6. The molecule has 0 N–H and O–H groups in total. The van der Waals surface area contributed by atoms with Gasteiger partial charge < -0.3 is 18.9 Å². The Morgan fingerprint density at radius 2 is 0.468 bits per heavy atom. The monoisotopic (exact) mass is 1600 g/mol. The fourth-order valence-corrected chi connectivity index (χ4v) is 21.2. The Kier molecular flexibility index (Phi) is 17.7. The zero-order valence-corrected chi connectivity index (χ0v) is 69.1. The summed E-state index contributed by atoms with van der Waals surface area (Å²) < 4.78 is 4.75. The summed E-state index contributed by atoms with van der Waals surface area (Å²) in [6, 6.07) is 183. The van der Waals surface area contributed by atoms with E-state index in [0.29, 0.717) is 0 Å². The zero-order chi connectivity index (χ0) is 83.2. The lowest BCUT2D eigenvalue weighted by molar-refractivity contribution is 0.768. The molecule has 0 amide bonds. The SMILES string of the molecule is c1ccc(-c2ccc(N(c3ccc(-c4ccc5c(c4)c4ccccc4n5-c4ccccc4)cc3)c3ccc4c(c3)-c3ccccc3C4(c3ccccc3)c3ccccc3)cc2)cc1.c1ccc(-c2ccc(N(c3ccc(-c4ccc5c(c4)c4ccccc4n5-c4ccccc4)cc3)c3cccc4c3-c3ccccc3C43c4ccccc4-c4ccccc43)cc2)cc1. The van der Waals surface area contributed by atoms with Gasteiger partial charge in [-0.15, -0.1) is 0 Å². The van der Waals surface area contributed by atoms with Gasteiger partial charge in [-0.25, -0.2) is 0 Å². The Labute approximate surface area is 733 Å². The highest BCUT2D eigenvalue weighted by molar-refractivity contribution is 6.12. The molecule has 0 atom stereocenters. The molecular formula is C122H82N4. The molecule has 3 aliphatic rings. The molecule has 0 bridgehead atoms. The highest BCUT2D eigenvalue weighted by atomic mass is 15.2. The van der Waals surface area contributed by atoms with E-state index >= 15 is 0 Å². The van der Waals surface area contributed by atoms with E-state index in [0.717, 1.165) is 34.1 Å². The third kappa shape index (κ3) is 11.7. The van der Waals surface area contributed by atoms with Crippen molar-refractivity contribution in [2.75, 3.05) is 9.80 Å². The highest BCUT2D eigenvalue weighted by Crippen LogP contribution is 2.65. The van der Waals surface area contributed by atoms with E-state index in [1.807, 2.05) is 0 Å². The van der Waals surface area contributed by atoms with Crippen LogP contribution in [0.5, 0.6) is 0 Å². The summed E-state index contributed by atoms with van der Waals surface area (Å²) in [4.78, 5) is 4.87. The number of fused-ring (bicyclic) bond motifs is 19. The van der Waals surface area contributed by atoms with Crippen molar-refractivity contribution < 1.29 is 0 Å². The predicted molar refractivity (Wildman–Crippen MR) is 526 cm³/mol. The van der Waals surface area contributed by atoms with Crippen LogP contribution in [0.1, 0.15) is 44.5 Å². The number of rotatable bonds is 14. The van der Waals surface area contributed by atoms with Crippen molar-refractivity contribution in [3.05, 3.63) is 542 Å². The largest absolute Gasteiger partial charge is 0.310 e. The predicted octanol–water partition coefficient (Wildman–Crippen LogP) is 31.9. The van der Waals surface area contributed by atoms with Crippen molar-refractivity contribution in [3.8, 4) is 89.3 Å². The molecule has 20 aromatic carbocycles. The third-order valence-corrected chi connectivity index (χ3v) is 26.7. The third-order valence-electron chi connectivity index (χ3n) is 26.7. The molecule has 0 saturated carbocycles. The van der Waals surface area contributed by atoms with E-state index < -0.39 is 10.8 Å². The first kappa shape index (κ1) is 73.5. The fourth-order valence-electron chi connectivity index (χ4n) is 21.2. The summed E-state index contributed by atoms with van der Waals surface area (Å²) in [7, 11) is 0. The van der Waals surface area contributed by atoms with Crippen LogP contribution < -0.4 is 9.80 Å². The van der Waals surface area contributed by atoms with Gasteiger partial charge in [-0.1, -0.05) is 370 Å². The molecule has 0 saturated heterocycles. The molecule has 4 heteroatoms. The number of nitrogens with zero attached hydrogens (tertiary/aromatic N) is 4. The molecule has 22 aromatic rings. The number of benzene rings is 20. The van der Waals surface area contributed by atoms with Crippen LogP contribution in [0.15, 0.2) is 497 Å². The van der Waals surface area contributed by atoms with E-state index in [1.54, 1.807) is 0 Å². The molecule has 0 radical (unpaired) electrons. The van der Waals surface area contributed by atoms with Gasteiger partial charge in [-0.3, -0.25) is 0 Å². The van der Waals surface area contributed by atoms with Crippen LogP contribution in [0, 0.1) is 0 Å². The summed E-state index contributed by atoms with van der Waals surface area (Å²) in [5.74, 6) is 0. The molecule has 3 aliphatic carbocycles. The fraction of sp³-hybridized carbons (Fsp3) is 0.0164. The lowest BCUT2D eigenvalue weighted by atomic mass is 9.68. The van der Waals surface area contributed by atoms with Crippen molar-refractivity contribution in [1.82, 2.24) is 9.13 Å². The lowest BCUT2D eigenvalue weighted by Crippen LogP contribution is -2.28. The van der Waals surface area contributed by atoms with Gasteiger partial charge in [0.15, 0.2) is 0 Å². The second-order valence-corrected chi connectivity index (χ2v) is 33.3. The number of hydrogen-bond acceptors (Lipinski definition) is 2. The first-order valence-electron chi connectivity index (χ1n) is 43.6. The van der Waals surface area contributed by atoms with E-state index in [4.69, 9.17) is 0 Å². The Hall–Kier alpha value is -16.4. The molecule has 2 heterocycles. The van der Waals surface area contributed by atoms with E-state index in [1.165, 1.54) is 177 Å². The van der Waals surface area contributed by atoms with Crippen LogP contribution in [0.2, 0.25) is 0 Å². The molecule has 0 aliphatic heterocycles. The van der Waals surface area contributed by atoms with Crippen LogP contribution in [0.3, 0.4) is 0 Å². The minimum absolute atomic E-state index is 0.426. The Morgan fingerprint density at radius 1 is 0.167 bits per heavy atom. The van der Waals surface area contributed by atoms with Gasteiger partial charge in [-0.2, -0.15) is 0 Å². The van der Waals surface area contributed by atoms with Crippen LogP contribution in [-0.4, -0.2) is 9.13 Å². The molecule has 2 aromatic heterocycles. The number of hydrogen-bond donors (Lipinski definition) is 0. The molecule has 590 valence electrons. The molecule has 126 heavy (non-hydrogen) atoms. The Balaban J connectivity index is 0.000000141. The van der Waals surface area contributed by atoms with Gasteiger partial charge in [0, 0.05) is 66.9 Å². The van der Waals surface area contributed by atoms with E-state index in [9.17, 15) is 0 Å². The summed E-state index contributed by atoms with van der Waals surface area (Å²) in [5, 5.41) is 5.00. The number of aromatic nitrogens is 2. The Morgan fingerprint density at radius 3 is 0.913 bits per heavy atom. The van der Waals surface area contributed by atoms with Crippen molar-refractivity contribution in [1.29, 1.82) is 0 Å². The second kappa shape index (κ2) is 30.3. The van der Waals surface area contributed by atoms with Gasteiger partial charge in [0.05, 0.1) is 38.6 Å².